The van der Waals surface area contributed by atoms with Crippen LogP contribution in [-0.4, -0.2) is 17.3 Å². The number of aryl methyl sites for hydroxylation is 1. The molecule has 0 aliphatic rings. The molecule has 2 atom stereocenters. The Bertz CT molecular complexity index is 1040. The molecule has 10 heteroatoms. The summed E-state index contributed by atoms with van der Waals surface area (Å²) in [5.74, 6) is -2.22. The number of thiol groups is 1. The van der Waals surface area contributed by atoms with Crippen LogP contribution in [-0.2, 0) is 0 Å². The van der Waals surface area contributed by atoms with Gasteiger partial charge in [-0.2, -0.15) is 0 Å². The summed E-state index contributed by atoms with van der Waals surface area (Å²) in [6, 6.07) is 6.89. The van der Waals surface area contributed by atoms with Crippen LogP contribution in [0, 0.1) is 18.6 Å². The first-order valence-corrected chi connectivity index (χ1v) is 9.26. The first kappa shape index (κ1) is 22.9. The maximum absolute atomic E-state index is 14.0. The summed E-state index contributed by atoms with van der Waals surface area (Å²) in [7, 11) is 1.59. The van der Waals surface area contributed by atoms with Crippen LogP contribution in [0.3, 0.4) is 0 Å². The molecule has 3 aromatic rings. The van der Waals surface area contributed by atoms with Crippen LogP contribution in [0.4, 0.5) is 8.78 Å². The van der Waals surface area contributed by atoms with E-state index in [0.29, 0.717) is 16.3 Å². The third-order valence-corrected chi connectivity index (χ3v) is 4.80. The molecule has 1 heterocycles. The summed E-state index contributed by atoms with van der Waals surface area (Å²) in [6.07, 6.45) is 0. The molecule has 6 nitrogen and oxygen atoms in total. The van der Waals surface area contributed by atoms with Gasteiger partial charge in [0.1, 0.15) is 17.4 Å². The number of hydrogen-bond acceptors (Lipinski definition) is 6. The van der Waals surface area contributed by atoms with Gasteiger partial charge < -0.3 is 14.9 Å². The van der Waals surface area contributed by atoms with Gasteiger partial charge in [0.25, 0.3) is 0 Å². The lowest BCUT2D eigenvalue weighted by Gasteiger charge is -2.19. The maximum atomic E-state index is 14.0. The molecule has 3 rings (SSSR count). The standard InChI is InChI=1S/C12H13F2N3O2.C7H7ClOS/c1-5-3-4-7(13)8(9(5)14)6(2)10(15)11-16-17-12(18)19-11;1-9-6-4-5(8)2-3-7(6)10/h3-4,6,10H,15H2,1-2H3,(H,17,18);2-4,10H,1H3. The van der Waals surface area contributed by atoms with E-state index in [-0.39, 0.29) is 11.5 Å². The summed E-state index contributed by atoms with van der Waals surface area (Å²) in [6.45, 7) is 3.07. The van der Waals surface area contributed by atoms with E-state index in [1.165, 1.54) is 19.1 Å². The lowest BCUT2D eigenvalue weighted by molar-refractivity contribution is 0.390. The van der Waals surface area contributed by atoms with E-state index in [9.17, 15) is 13.6 Å². The number of halogens is 3. The lowest BCUT2D eigenvalue weighted by atomic mass is 9.91. The predicted octanol–water partition coefficient (Wildman–Crippen LogP) is 4.39. The van der Waals surface area contributed by atoms with Crippen LogP contribution in [0.2, 0.25) is 5.02 Å². The Labute approximate surface area is 176 Å². The molecule has 0 bridgehead atoms. The summed E-state index contributed by atoms with van der Waals surface area (Å²) in [4.78, 5) is 11.7. The smallest absolute Gasteiger partial charge is 0.434 e. The van der Waals surface area contributed by atoms with Gasteiger partial charge >= 0.3 is 5.76 Å². The molecular weight excluding hydrogens is 424 g/mol. The Kier molecular flexibility index (Phi) is 7.83. The Morgan fingerprint density at radius 1 is 1.31 bits per heavy atom. The highest BCUT2D eigenvalue weighted by atomic mass is 35.5. The van der Waals surface area contributed by atoms with E-state index >= 15 is 0 Å². The monoisotopic (exact) mass is 443 g/mol. The summed E-state index contributed by atoms with van der Waals surface area (Å²) < 4.78 is 37.4. The number of benzene rings is 2. The molecule has 0 aliphatic carbocycles. The fourth-order valence-electron chi connectivity index (χ4n) is 2.52. The fraction of sp³-hybridized carbons (Fsp3) is 0.263. The van der Waals surface area contributed by atoms with E-state index in [2.05, 4.69) is 22.8 Å². The summed E-state index contributed by atoms with van der Waals surface area (Å²) >= 11 is 9.82. The second kappa shape index (κ2) is 9.91. The average Bonchev–Trinajstić information content (AvgIpc) is 3.13. The first-order chi connectivity index (χ1) is 13.6. The molecule has 0 aliphatic heterocycles. The van der Waals surface area contributed by atoms with Crippen LogP contribution >= 0.6 is 24.2 Å². The van der Waals surface area contributed by atoms with Crippen molar-refractivity contribution in [2.24, 2.45) is 5.73 Å². The van der Waals surface area contributed by atoms with Crippen LogP contribution in [0.25, 0.3) is 0 Å². The summed E-state index contributed by atoms with van der Waals surface area (Å²) in [5.41, 5.74) is 6.00. The highest BCUT2D eigenvalue weighted by Crippen LogP contribution is 2.32. The Morgan fingerprint density at radius 2 is 2.00 bits per heavy atom. The SMILES string of the molecule is COc1cc(Cl)ccc1S.Cc1ccc(F)c(C(C)C(N)c2n[nH]c(=O)o2)c1F. The zero-order valence-corrected chi connectivity index (χ0v) is 17.5. The largest absolute Gasteiger partial charge is 0.496 e. The van der Waals surface area contributed by atoms with Crippen LogP contribution in [0.1, 0.15) is 35.9 Å². The van der Waals surface area contributed by atoms with Crippen molar-refractivity contribution in [2.75, 3.05) is 7.11 Å². The predicted molar refractivity (Wildman–Crippen MR) is 109 cm³/mol. The molecule has 1 aromatic heterocycles. The number of hydrogen-bond donors (Lipinski definition) is 3. The maximum Gasteiger partial charge on any atom is 0.434 e. The number of nitrogens with two attached hydrogens (primary N) is 1. The number of nitrogens with one attached hydrogen (secondary N) is 1. The van der Waals surface area contributed by atoms with Gasteiger partial charge in [-0.3, -0.25) is 0 Å². The van der Waals surface area contributed by atoms with E-state index in [0.717, 1.165) is 4.90 Å². The van der Waals surface area contributed by atoms with Crippen LogP contribution in [0.15, 0.2) is 44.4 Å². The Morgan fingerprint density at radius 3 is 2.55 bits per heavy atom. The molecule has 2 aromatic carbocycles. The van der Waals surface area contributed by atoms with E-state index in [4.69, 9.17) is 26.5 Å². The van der Waals surface area contributed by atoms with Gasteiger partial charge in [0.2, 0.25) is 5.89 Å². The molecule has 0 radical (unpaired) electrons. The number of methoxy groups -OCH3 is 1. The number of H-pyrrole nitrogens is 1. The first-order valence-electron chi connectivity index (χ1n) is 8.43. The number of aromatic nitrogens is 2. The van der Waals surface area contributed by atoms with Crippen molar-refractivity contribution in [3.8, 4) is 5.75 Å². The van der Waals surface area contributed by atoms with Gasteiger partial charge in [0.05, 0.1) is 13.2 Å². The van der Waals surface area contributed by atoms with Gasteiger partial charge in [-0.15, -0.1) is 17.7 Å². The minimum absolute atomic E-state index is 0.0854. The average molecular weight is 444 g/mol. The molecule has 0 amide bonds. The number of ether oxygens (including phenoxy) is 1. The van der Waals surface area contributed by atoms with Crippen molar-refractivity contribution >= 4 is 24.2 Å². The molecule has 3 N–H and O–H groups in total. The minimum atomic E-state index is -0.926. The number of nitrogens with zero attached hydrogens (tertiary/aromatic N) is 1. The van der Waals surface area contributed by atoms with Gasteiger partial charge in [0.15, 0.2) is 0 Å². The Hall–Kier alpha value is -2.36. The third-order valence-electron chi connectivity index (χ3n) is 4.20. The second-order valence-electron chi connectivity index (χ2n) is 6.17. The van der Waals surface area contributed by atoms with Crippen molar-refractivity contribution in [3.63, 3.8) is 0 Å². The summed E-state index contributed by atoms with van der Waals surface area (Å²) in [5, 5.41) is 6.29. The highest BCUT2D eigenvalue weighted by molar-refractivity contribution is 7.80. The van der Waals surface area contributed by atoms with E-state index in [1.807, 2.05) is 0 Å². The molecular formula is C19H20ClF2N3O3S. The molecule has 0 saturated heterocycles. The van der Waals surface area contributed by atoms with Gasteiger partial charge in [-0.1, -0.05) is 24.6 Å². The molecule has 2 unspecified atom stereocenters. The molecule has 0 saturated carbocycles. The molecule has 29 heavy (non-hydrogen) atoms. The van der Waals surface area contributed by atoms with Crippen LogP contribution < -0.4 is 16.2 Å². The minimum Gasteiger partial charge on any atom is -0.496 e. The topological polar surface area (TPSA) is 94.1 Å². The van der Waals surface area contributed by atoms with Gasteiger partial charge in [-0.05, 0) is 36.8 Å². The van der Waals surface area contributed by atoms with Gasteiger partial charge in [-0.25, -0.2) is 18.7 Å². The molecule has 156 valence electrons. The zero-order valence-electron chi connectivity index (χ0n) is 15.9. The number of rotatable bonds is 4. The van der Waals surface area contributed by atoms with Gasteiger partial charge in [0, 0.05) is 21.4 Å². The van der Waals surface area contributed by atoms with Crippen molar-refractivity contribution in [1.29, 1.82) is 0 Å². The normalized spacial score (nSPS) is 12.7. The number of aromatic amines is 1. The van der Waals surface area contributed by atoms with Crippen molar-refractivity contribution in [3.05, 3.63) is 74.6 Å². The van der Waals surface area contributed by atoms with Crippen molar-refractivity contribution in [2.45, 2.75) is 30.7 Å². The van der Waals surface area contributed by atoms with Crippen molar-refractivity contribution < 1.29 is 17.9 Å². The quantitative estimate of drug-likeness (QED) is 0.520. The lowest BCUT2D eigenvalue weighted by Crippen LogP contribution is -2.20. The van der Waals surface area contributed by atoms with Crippen molar-refractivity contribution in [1.82, 2.24) is 10.2 Å². The highest BCUT2D eigenvalue weighted by Gasteiger charge is 2.27. The van der Waals surface area contributed by atoms with E-state index in [1.54, 1.807) is 32.2 Å². The molecule has 0 spiro atoms. The third kappa shape index (κ3) is 5.59. The van der Waals surface area contributed by atoms with E-state index < -0.39 is 29.4 Å². The molecule has 0 fully saturated rings. The zero-order chi connectivity index (χ0) is 21.7. The van der Waals surface area contributed by atoms with Crippen LogP contribution in [0.5, 0.6) is 5.75 Å². The second-order valence-corrected chi connectivity index (χ2v) is 7.09. The Balaban J connectivity index is 0.000000253. The fourth-order valence-corrected chi connectivity index (χ4v) is 2.92.